The van der Waals surface area contributed by atoms with Gasteiger partial charge in [-0.3, -0.25) is 0 Å². The van der Waals surface area contributed by atoms with Crippen molar-refractivity contribution in [2.24, 2.45) is 0 Å². The molecule has 3 nitrogen and oxygen atoms in total. The van der Waals surface area contributed by atoms with E-state index in [4.69, 9.17) is 27.9 Å². The third-order valence-electron chi connectivity index (χ3n) is 3.69. The summed E-state index contributed by atoms with van der Waals surface area (Å²) < 4.78 is 5.71. The van der Waals surface area contributed by atoms with Gasteiger partial charge in [0, 0.05) is 33.8 Å². The predicted octanol–water partition coefficient (Wildman–Crippen LogP) is 5.53. The number of pyridine rings is 1. The third-order valence-corrected chi connectivity index (χ3v) is 4.19. The Bertz CT molecular complexity index is 836. The van der Waals surface area contributed by atoms with Gasteiger partial charge >= 0.3 is 0 Å². The number of aromatic hydroxyl groups is 1. The van der Waals surface area contributed by atoms with E-state index in [0.29, 0.717) is 34.2 Å². The largest absolute Gasteiger partial charge is 0.507 e. The highest BCUT2D eigenvalue weighted by Crippen LogP contribution is 2.32. The van der Waals surface area contributed by atoms with Gasteiger partial charge in [0.15, 0.2) is 0 Å². The highest BCUT2D eigenvalue weighted by atomic mass is 35.5. The van der Waals surface area contributed by atoms with Crippen molar-refractivity contribution >= 4 is 45.0 Å². The molecule has 2 aromatic carbocycles. The molecule has 0 aliphatic rings. The first-order valence-electron chi connectivity index (χ1n) is 7.59. The summed E-state index contributed by atoms with van der Waals surface area (Å²) in [6.45, 7) is 0.598. The van der Waals surface area contributed by atoms with Crippen molar-refractivity contribution < 1.29 is 9.84 Å². The second-order valence-corrected chi connectivity index (χ2v) is 6.25. The van der Waals surface area contributed by atoms with Crippen molar-refractivity contribution in [3.8, 4) is 11.5 Å². The minimum Gasteiger partial charge on any atom is -0.507 e. The summed E-state index contributed by atoms with van der Waals surface area (Å²) in [7, 11) is 0. The number of rotatable bonds is 6. The van der Waals surface area contributed by atoms with E-state index < -0.39 is 0 Å². The molecular formula is C18H17Cl2NO2. The maximum atomic E-state index is 10.2. The fourth-order valence-corrected chi connectivity index (χ4v) is 2.86. The Morgan fingerprint density at radius 1 is 1.00 bits per heavy atom. The molecular weight excluding hydrogens is 333 g/mol. The number of halogens is 2. The number of hydrogen-bond donors (Lipinski definition) is 1. The third kappa shape index (κ3) is 3.80. The SMILES string of the molecule is Oc1cc(OCCCCCCl)cc2nc3cc(Cl)ccc3cc12. The lowest BCUT2D eigenvalue weighted by Crippen LogP contribution is -1.97. The molecule has 0 radical (unpaired) electrons. The summed E-state index contributed by atoms with van der Waals surface area (Å²) in [6.07, 6.45) is 2.96. The van der Waals surface area contributed by atoms with Gasteiger partial charge in [-0.25, -0.2) is 4.98 Å². The van der Waals surface area contributed by atoms with E-state index in [1.54, 1.807) is 6.07 Å². The van der Waals surface area contributed by atoms with Crippen LogP contribution in [0.1, 0.15) is 19.3 Å². The van der Waals surface area contributed by atoms with Crippen molar-refractivity contribution in [1.29, 1.82) is 0 Å². The molecule has 0 spiro atoms. The standard InChI is InChI=1S/C18H17Cl2NO2/c19-6-2-1-3-7-23-14-10-17-15(18(22)11-14)8-12-4-5-13(20)9-16(12)21-17/h4-5,8-11,22H,1-3,6-7H2. The zero-order valence-corrected chi connectivity index (χ0v) is 14.1. The van der Waals surface area contributed by atoms with E-state index in [2.05, 4.69) is 4.98 Å². The second-order valence-electron chi connectivity index (χ2n) is 5.43. The quantitative estimate of drug-likeness (QED) is 0.361. The van der Waals surface area contributed by atoms with Gasteiger partial charge in [-0.1, -0.05) is 17.7 Å². The Kier molecular flexibility index (Phi) is 5.09. The monoisotopic (exact) mass is 349 g/mol. The zero-order valence-electron chi connectivity index (χ0n) is 12.6. The maximum absolute atomic E-state index is 10.2. The Morgan fingerprint density at radius 2 is 1.87 bits per heavy atom. The van der Waals surface area contributed by atoms with Gasteiger partial charge < -0.3 is 9.84 Å². The minimum atomic E-state index is 0.169. The van der Waals surface area contributed by atoms with Crippen molar-refractivity contribution in [2.75, 3.05) is 12.5 Å². The van der Waals surface area contributed by atoms with Crippen LogP contribution >= 0.6 is 23.2 Å². The maximum Gasteiger partial charge on any atom is 0.128 e. The molecule has 120 valence electrons. The molecule has 3 aromatic rings. The summed E-state index contributed by atoms with van der Waals surface area (Å²) in [6, 6.07) is 10.9. The number of phenolic OH excluding ortho intramolecular Hbond substituents is 1. The number of aromatic nitrogens is 1. The van der Waals surface area contributed by atoms with Crippen LogP contribution in [-0.4, -0.2) is 22.6 Å². The van der Waals surface area contributed by atoms with E-state index in [1.807, 2.05) is 30.3 Å². The molecule has 1 aromatic heterocycles. The molecule has 0 amide bonds. The van der Waals surface area contributed by atoms with Crippen molar-refractivity contribution in [2.45, 2.75) is 19.3 Å². The topological polar surface area (TPSA) is 42.4 Å². The fourth-order valence-electron chi connectivity index (χ4n) is 2.51. The van der Waals surface area contributed by atoms with Crippen molar-refractivity contribution in [3.63, 3.8) is 0 Å². The van der Waals surface area contributed by atoms with E-state index in [9.17, 15) is 5.11 Å². The van der Waals surface area contributed by atoms with Crippen LogP contribution in [0.3, 0.4) is 0 Å². The molecule has 0 atom stereocenters. The number of hydrogen-bond acceptors (Lipinski definition) is 3. The lowest BCUT2D eigenvalue weighted by Gasteiger charge is -2.09. The van der Waals surface area contributed by atoms with E-state index in [-0.39, 0.29) is 5.75 Å². The Hall–Kier alpha value is -1.71. The molecule has 5 heteroatoms. The van der Waals surface area contributed by atoms with Crippen LogP contribution in [0, 0.1) is 0 Å². The average Bonchev–Trinajstić information content (AvgIpc) is 2.53. The molecule has 0 saturated carbocycles. The number of benzene rings is 2. The van der Waals surface area contributed by atoms with E-state index in [1.165, 1.54) is 0 Å². The van der Waals surface area contributed by atoms with Crippen LogP contribution in [0.2, 0.25) is 5.02 Å². The highest BCUT2D eigenvalue weighted by Gasteiger charge is 2.08. The number of phenols is 1. The molecule has 3 rings (SSSR count). The van der Waals surface area contributed by atoms with Gasteiger partial charge in [0.2, 0.25) is 0 Å². The highest BCUT2D eigenvalue weighted by molar-refractivity contribution is 6.31. The van der Waals surface area contributed by atoms with Crippen molar-refractivity contribution in [1.82, 2.24) is 4.98 Å². The van der Waals surface area contributed by atoms with Gasteiger partial charge in [-0.2, -0.15) is 0 Å². The normalized spacial score (nSPS) is 11.2. The van der Waals surface area contributed by atoms with Crippen LogP contribution < -0.4 is 4.74 Å². The first kappa shape index (κ1) is 16.2. The number of unbranched alkanes of at least 4 members (excludes halogenated alkanes) is 2. The number of nitrogens with zero attached hydrogens (tertiary/aromatic N) is 1. The average molecular weight is 350 g/mol. The van der Waals surface area contributed by atoms with Crippen LogP contribution in [-0.2, 0) is 0 Å². The summed E-state index contributed by atoms with van der Waals surface area (Å²) in [5, 5.41) is 12.5. The summed E-state index contributed by atoms with van der Waals surface area (Å²) in [5.74, 6) is 1.47. The molecule has 0 aliphatic carbocycles. The Morgan fingerprint density at radius 3 is 2.70 bits per heavy atom. The van der Waals surface area contributed by atoms with Crippen LogP contribution in [0.25, 0.3) is 21.8 Å². The molecule has 0 unspecified atom stereocenters. The number of ether oxygens (including phenoxy) is 1. The summed E-state index contributed by atoms with van der Waals surface area (Å²) in [5.41, 5.74) is 1.49. The smallest absolute Gasteiger partial charge is 0.128 e. The predicted molar refractivity (Wildman–Crippen MR) is 96.0 cm³/mol. The summed E-state index contributed by atoms with van der Waals surface area (Å²) >= 11 is 11.7. The molecule has 0 bridgehead atoms. The summed E-state index contributed by atoms with van der Waals surface area (Å²) in [4.78, 5) is 4.58. The number of alkyl halides is 1. The van der Waals surface area contributed by atoms with Gasteiger partial charge in [0.05, 0.1) is 17.6 Å². The molecule has 0 fully saturated rings. The van der Waals surface area contributed by atoms with E-state index >= 15 is 0 Å². The van der Waals surface area contributed by atoms with Crippen LogP contribution in [0.15, 0.2) is 36.4 Å². The first-order valence-corrected chi connectivity index (χ1v) is 8.50. The van der Waals surface area contributed by atoms with Gasteiger partial charge in [0.1, 0.15) is 11.5 Å². The first-order chi connectivity index (χ1) is 11.2. The zero-order chi connectivity index (χ0) is 16.2. The van der Waals surface area contributed by atoms with Gasteiger partial charge in [-0.05, 0) is 37.5 Å². The lowest BCUT2D eigenvalue weighted by molar-refractivity contribution is 0.305. The van der Waals surface area contributed by atoms with Crippen LogP contribution in [0.4, 0.5) is 0 Å². The second kappa shape index (κ2) is 7.24. The minimum absolute atomic E-state index is 0.169. The van der Waals surface area contributed by atoms with Gasteiger partial charge in [0.25, 0.3) is 0 Å². The molecule has 1 heterocycles. The number of fused-ring (bicyclic) bond motifs is 2. The molecule has 0 aliphatic heterocycles. The molecule has 0 saturated heterocycles. The van der Waals surface area contributed by atoms with E-state index in [0.717, 1.165) is 30.2 Å². The molecule has 1 N–H and O–H groups in total. The fraction of sp³-hybridized carbons (Fsp3) is 0.278. The Balaban J connectivity index is 1.88. The van der Waals surface area contributed by atoms with Gasteiger partial charge in [-0.15, -0.1) is 11.6 Å². The lowest BCUT2D eigenvalue weighted by atomic mass is 10.1. The van der Waals surface area contributed by atoms with Crippen molar-refractivity contribution in [3.05, 3.63) is 41.4 Å². The Labute approximate surface area is 144 Å². The molecule has 23 heavy (non-hydrogen) atoms. The van der Waals surface area contributed by atoms with Crippen LogP contribution in [0.5, 0.6) is 11.5 Å².